The van der Waals surface area contributed by atoms with Crippen LogP contribution in [0.5, 0.6) is 0 Å². The number of benzene rings is 3. The molecule has 3 aromatic carbocycles. The first-order valence-corrected chi connectivity index (χ1v) is 9.78. The molecule has 1 heterocycles. The van der Waals surface area contributed by atoms with E-state index in [-0.39, 0.29) is 5.91 Å². The second kappa shape index (κ2) is 8.52. The van der Waals surface area contributed by atoms with Gasteiger partial charge < -0.3 is 5.32 Å². The Morgan fingerprint density at radius 2 is 1.41 bits per heavy atom. The number of carbonyl (C=O) groups is 1. The maximum Gasteiger partial charge on any atom is 0.251 e. The van der Waals surface area contributed by atoms with E-state index in [0.717, 1.165) is 28.1 Å². The molecule has 0 spiro atoms. The molecule has 29 heavy (non-hydrogen) atoms. The lowest BCUT2D eigenvalue weighted by atomic mass is 10.1. The molecule has 0 radical (unpaired) electrons. The molecule has 6 heteroatoms. The number of nitrogens with zero attached hydrogens (tertiary/aromatic N) is 1. The largest absolute Gasteiger partial charge is 0.348 e. The molecule has 0 bridgehead atoms. The van der Waals surface area contributed by atoms with Crippen LogP contribution in [-0.4, -0.2) is 16.1 Å². The predicted octanol–water partition coefficient (Wildman–Crippen LogP) is 5.98. The van der Waals surface area contributed by atoms with Gasteiger partial charge in [0.15, 0.2) is 0 Å². The van der Waals surface area contributed by atoms with E-state index >= 15 is 0 Å². The number of H-pyrrole nitrogens is 1. The normalized spacial score (nSPS) is 10.7. The van der Waals surface area contributed by atoms with Crippen molar-refractivity contribution in [3.63, 3.8) is 0 Å². The fraction of sp³-hybridized carbons (Fsp3) is 0.0435. The zero-order valence-corrected chi connectivity index (χ0v) is 16.8. The van der Waals surface area contributed by atoms with E-state index in [2.05, 4.69) is 15.5 Å². The van der Waals surface area contributed by atoms with Gasteiger partial charge in [0.1, 0.15) is 0 Å². The van der Waals surface area contributed by atoms with E-state index < -0.39 is 0 Å². The number of aromatic nitrogens is 2. The highest BCUT2D eigenvalue weighted by Crippen LogP contribution is 2.25. The van der Waals surface area contributed by atoms with Crippen LogP contribution in [0.2, 0.25) is 10.0 Å². The van der Waals surface area contributed by atoms with Crippen LogP contribution < -0.4 is 5.32 Å². The number of hydrogen-bond acceptors (Lipinski definition) is 2. The summed E-state index contributed by atoms with van der Waals surface area (Å²) in [6, 6.07) is 24.3. The van der Waals surface area contributed by atoms with Crippen molar-refractivity contribution in [2.45, 2.75) is 6.54 Å². The first-order chi connectivity index (χ1) is 14.1. The highest BCUT2D eigenvalue weighted by molar-refractivity contribution is 6.30. The predicted molar refractivity (Wildman–Crippen MR) is 117 cm³/mol. The van der Waals surface area contributed by atoms with E-state index in [1.165, 1.54) is 0 Å². The van der Waals surface area contributed by atoms with Crippen molar-refractivity contribution < 1.29 is 4.79 Å². The maximum absolute atomic E-state index is 12.4. The Kier molecular flexibility index (Phi) is 5.65. The number of hydrogen-bond donors (Lipinski definition) is 2. The van der Waals surface area contributed by atoms with Crippen LogP contribution in [0.4, 0.5) is 0 Å². The second-order valence-electron chi connectivity index (χ2n) is 6.56. The van der Waals surface area contributed by atoms with Crippen molar-refractivity contribution in [3.8, 4) is 22.5 Å². The van der Waals surface area contributed by atoms with E-state index in [1.54, 1.807) is 24.3 Å². The van der Waals surface area contributed by atoms with Gasteiger partial charge in [0.05, 0.1) is 11.4 Å². The van der Waals surface area contributed by atoms with Crippen LogP contribution >= 0.6 is 23.2 Å². The standard InChI is InChI=1S/C23H17Cl2N3O/c24-19-9-1-15(2-10-19)14-26-23(29)18-5-3-16(4-6-18)21-13-22(28-27-21)17-7-11-20(25)12-8-17/h1-13H,14H2,(H,26,29)(H,27,28). The van der Waals surface area contributed by atoms with Crippen molar-refractivity contribution in [1.82, 2.24) is 15.5 Å². The molecule has 144 valence electrons. The molecule has 0 saturated heterocycles. The zero-order chi connectivity index (χ0) is 20.2. The van der Waals surface area contributed by atoms with E-state index in [1.807, 2.05) is 54.6 Å². The van der Waals surface area contributed by atoms with Gasteiger partial charge in [-0.15, -0.1) is 0 Å². The highest BCUT2D eigenvalue weighted by atomic mass is 35.5. The third-order valence-corrected chi connectivity index (χ3v) is 5.05. The molecule has 0 unspecified atom stereocenters. The number of rotatable bonds is 5. The molecule has 0 aliphatic rings. The Morgan fingerprint density at radius 1 is 0.828 bits per heavy atom. The molecule has 1 aromatic heterocycles. The Bertz CT molecular complexity index is 1120. The van der Waals surface area contributed by atoms with Crippen LogP contribution in [-0.2, 0) is 6.54 Å². The Morgan fingerprint density at radius 3 is 2.07 bits per heavy atom. The van der Waals surface area contributed by atoms with Gasteiger partial charge in [-0.2, -0.15) is 5.10 Å². The van der Waals surface area contributed by atoms with Crippen molar-refractivity contribution in [2.75, 3.05) is 0 Å². The summed E-state index contributed by atoms with van der Waals surface area (Å²) in [5.41, 5.74) is 5.23. The number of nitrogens with one attached hydrogen (secondary N) is 2. The first kappa shape index (κ1) is 19.2. The minimum Gasteiger partial charge on any atom is -0.348 e. The van der Waals surface area contributed by atoms with Crippen LogP contribution in [0.15, 0.2) is 78.9 Å². The van der Waals surface area contributed by atoms with Crippen molar-refractivity contribution >= 4 is 29.1 Å². The molecule has 0 aliphatic heterocycles. The molecule has 0 aliphatic carbocycles. The van der Waals surface area contributed by atoms with Crippen LogP contribution in [0.25, 0.3) is 22.5 Å². The summed E-state index contributed by atoms with van der Waals surface area (Å²) in [5.74, 6) is -0.129. The average molecular weight is 422 g/mol. The van der Waals surface area contributed by atoms with Crippen molar-refractivity contribution in [1.29, 1.82) is 0 Å². The van der Waals surface area contributed by atoms with Crippen molar-refractivity contribution in [2.24, 2.45) is 0 Å². The monoisotopic (exact) mass is 421 g/mol. The Labute approximate surface area is 178 Å². The second-order valence-corrected chi connectivity index (χ2v) is 7.43. The molecule has 0 fully saturated rings. The summed E-state index contributed by atoms with van der Waals surface area (Å²) < 4.78 is 0. The molecule has 1 amide bonds. The zero-order valence-electron chi connectivity index (χ0n) is 15.3. The molecule has 4 rings (SSSR count). The minimum absolute atomic E-state index is 0.129. The first-order valence-electron chi connectivity index (χ1n) is 9.03. The lowest BCUT2D eigenvalue weighted by molar-refractivity contribution is 0.0951. The summed E-state index contributed by atoms with van der Waals surface area (Å²) in [6.45, 7) is 0.446. The number of aromatic amines is 1. The number of carbonyl (C=O) groups excluding carboxylic acids is 1. The molecular weight excluding hydrogens is 405 g/mol. The smallest absolute Gasteiger partial charge is 0.251 e. The van der Waals surface area contributed by atoms with E-state index in [4.69, 9.17) is 23.2 Å². The van der Waals surface area contributed by atoms with Crippen LogP contribution in [0.3, 0.4) is 0 Å². The molecule has 4 aromatic rings. The third kappa shape index (κ3) is 4.67. The number of halogens is 2. The fourth-order valence-corrected chi connectivity index (χ4v) is 3.18. The van der Waals surface area contributed by atoms with Gasteiger partial charge in [-0.05, 0) is 53.6 Å². The molecule has 0 atom stereocenters. The summed E-state index contributed by atoms with van der Waals surface area (Å²) in [7, 11) is 0. The maximum atomic E-state index is 12.4. The molecule has 0 saturated carbocycles. The quantitative estimate of drug-likeness (QED) is 0.416. The van der Waals surface area contributed by atoms with Crippen LogP contribution in [0.1, 0.15) is 15.9 Å². The topological polar surface area (TPSA) is 57.8 Å². The molecule has 2 N–H and O–H groups in total. The van der Waals surface area contributed by atoms with Gasteiger partial charge in [0.25, 0.3) is 5.91 Å². The van der Waals surface area contributed by atoms with E-state index in [9.17, 15) is 4.79 Å². The molecule has 4 nitrogen and oxygen atoms in total. The van der Waals surface area contributed by atoms with Gasteiger partial charge in [-0.3, -0.25) is 9.89 Å². The summed E-state index contributed by atoms with van der Waals surface area (Å²) in [5, 5.41) is 11.7. The third-order valence-electron chi connectivity index (χ3n) is 4.54. The SMILES string of the molecule is O=C(NCc1ccc(Cl)cc1)c1ccc(-c2cc(-c3ccc(Cl)cc3)[nH]n2)cc1. The Hall–Kier alpha value is -3.08. The van der Waals surface area contributed by atoms with Crippen molar-refractivity contribution in [3.05, 3.63) is 100 Å². The Balaban J connectivity index is 1.43. The van der Waals surface area contributed by atoms with Crippen LogP contribution in [0, 0.1) is 0 Å². The van der Waals surface area contributed by atoms with Gasteiger partial charge in [0, 0.05) is 27.7 Å². The van der Waals surface area contributed by atoms with Gasteiger partial charge in [-0.25, -0.2) is 0 Å². The fourth-order valence-electron chi connectivity index (χ4n) is 2.93. The minimum atomic E-state index is -0.129. The summed E-state index contributed by atoms with van der Waals surface area (Å²) >= 11 is 11.8. The lowest BCUT2D eigenvalue weighted by Crippen LogP contribution is -2.22. The summed E-state index contributed by atoms with van der Waals surface area (Å²) in [4.78, 5) is 12.4. The van der Waals surface area contributed by atoms with Gasteiger partial charge in [-0.1, -0.05) is 59.6 Å². The van der Waals surface area contributed by atoms with Gasteiger partial charge >= 0.3 is 0 Å². The highest BCUT2D eigenvalue weighted by Gasteiger charge is 2.09. The molecular formula is C23H17Cl2N3O. The number of amides is 1. The summed E-state index contributed by atoms with van der Waals surface area (Å²) in [6.07, 6.45) is 0. The average Bonchev–Trinajstić information content (AvgIpc) is 3.24. The van der Waals surface area contributed by atoms with E-state index in [0.29, 0.717) is 22.2 Å². The van der Waals surface area contributed by atoms with Gasteiger partial charge in [0.2, 0.25) is 0 Å². The lowest BCUT2D eigenvalue weighted by Gasteiger charge is -2.06.